The van der Waals surface area contributed by atoms with Crippen LogP contribution >= 0.6 is 0 Å². The minimum absolute atomic E-state index is 0.0975. The van der Waals surface area contributed by atoms with Gasteiger partial charge in [0, 0.05) is 17.7 Å². The number of anilines is 1. The Bertz CT molecular complexity index is 681. The van der Waals surface area contributed by atoms with Crippen LogP contribution in [0.5, 0.6) is 0 Å². The highest BCUT2D eigenvalue weighted by molar-refractivity contribution is 5.97. The van der Waals surface area contributed by atoms with E-state index in [0.717, 1.165) is 5.56 Å². The highest BCUT2D eigenvalue weighted by Gasteiger charge is 2.06. The van der Waals surface area contributed by atoms with Crippen molar-refractivity contribution in [1.29, 1.82) is 0 Å². The molecule has 0 radical (unpaired) electrons. The molecule has 0 aromatic heterocycles. The number of hydrogen-bond donors (Lipinski definition) is 2. The van der Waals surface area contributed by atoms with Crippen molar-refractivity contribution in [2.75, 3.05) is 5.32 Å². The molecule has 0 fully saturated rings. The molecular formula is C17H17N3O2. The molecule has 0 atom stereocenters. The van der Waals surface area contributed by atoms with E-state index in [-0.39, 0.29) is 11.8 Å². The second-order valence-corrected chi connectivity index (χ2v) is 4.59. The number of nitrogens with zero attached hydrogens (tertiary/aromatic N) is 1. The lowest BCUT2D eigenvalue weighted by molar-refractivity contribution is -0.115. The summed E-state index contributed by atoms with van der Waals surface area (Å²) in [5.74, 6) is -0.431. The molecule has 22 heavy (non-hydrogen) atoms. The molecule has 2 aromatic carbocycles. The molecule has 0 unspecified atom stereocenters. The number of hydrazone groups is 1. The van der Waals surface area contributed by atoms with E-state index in [1.54, 1.807) is 37.4 Å². The fourth-order valence-corrected chi connectivity index (χ4v) is 1.76. The molecule has 0 saturated heterocycles. The van der Waals surface area contributed by atoms with E-state index in [9.17, 15) is 9.59 Å². The highest BCUT2D eigenvalue weighted by atomic mass is 16.2. The Hall–Kier alpha value is -2.95. The maximum absolute atomic E-state index is 12.0. The first kappa shape index (κ1) is 15.4. The molecule has 0 heterocycles. The zero-order valence-corrected chi connectivity index (χ0v) is 12.2. The van der Waals surface area contributed by atoms with Gasteiger partial charge in [0.2, 0.25) is 5.91 Å². The molecule has 0 spiro atoms. The normalized spacial score (nSPS) is 10.4. The van der Waals surface area contributed by atoms with Gasteiger partial charge in [-0.15, -0.1) is 0 Å². The number of rotatable bonds is 5. The van der Waals surface area contributed by atoms with Crippen LogP contribution in [0.2, 0.25) is 0 Å². The first-order chi connectivity index (χ1) is 10.7. The Labute approximate surface area is 129 Å². The standard InChI is InChI=1S/C17H17N3O2/c1-2-16(21)19-15-10-6-9-14(11-15)17(22)20-18-12-13-7-4-3-5-8-13/h3-12H,2H2,1H3,(H,19,21)(H,20,22). The van der Waals surface area contributed by atoms with E-state index in [2.05, 4.69) is 15.8 Å². The SMILES string of the molecule is CCC(=O)Nc1cccc(C(=O)NN=Cc2ccccc2)c1. The average molecular weight is 295 g/mol. The van der Waals surface area contributed by atoms with Crippen LogP contribution in [0.15, 0.2) is 59.7 Å². The minimum Gasteiger partial charge on any atom is -0.326 e. The van der Waals surface area contributed by atoms with Crippen molar-refractivity contribution < 1.29 is 9.59 Å². The van der Waals surface area contributed by atoms with Gasteiger partial charge < -0.3 is 5.32 Å². The molecule has 5 heteroatoms. The first-order valence-corrected chi connectivity index (χ1v) is 6.97. The Morgan fingerprint density at radius 2 is 1.86 bits per heavy atom. The summed E-state index contributed by atoms with van der Waals surface area (Å²) in [6.45, 7) is 1.77. The van der Waals surface area contributed by atoms with E-state index in [1.807, 2.05) is 30.3 Å². The Balaban J connectivity index is 1.99. The summed E-state index contributed by atoms with van der Waals surface area (Å²) in [6.07, 6.45) is 1.96. The number of nitrogens with one attached hydrogen (secondary N) is 2. The predicted octanol–water partition coefficient (Wildman–Crippen LogP) is 2.80. The van der Waals surface area contributed by atoms with Crippen LogP contribution in [0.3, 0.4) is 0 Å². The largest absolute Gasteiger partial charge is 0.326 e. The van der Waals surface area contributed by atoms with Crippen molar-refractivity contribution in [3.8, 4) is 0 Å². The lowest BCUT2D eigenvalue weighted by Crippen LogP contribution is -2.18. The molecule has 2 amide bonds. The van der Waals surface area contributed by atoms with Crippen LogP contribution in [0.1, 0.15) is 29.3 Å². The van der Waals surface area contributed by atoms with Crippen LogP contribution in [-0.2, 0) is 4.79 Å². The summed E-state index contributed by atoms with van der Waals surface area (Å²) in [6, 6.07) is 16.2. The summed E-state index contributed by atoms with van der Waals surface area (Å²) in [4.78, 5) is 23.4. The zero-order chi connectivity index (χ0) is 15.8. The average Bonchev–Trinajstić information content (AvgIpc) is 2.56. The molecule has 0 bridgehead atoms. The van der Waals surface area contributed by atoms with Gasteiger partial charge in [0.15, 0.2) is 0 Å². The van der Waals surface area contributed by atoms with Crippen molar-refractivity contribution in [1.82, 2.24) is 5.43 Å². The lowest BCUT2D eigenvalue weighted by Gasteiger charge is -2.05. The third kappa shape index (κ3) is 4.56. The summed E-state index contributed by atoms with van der Waals surface area (Å²) in [7, 11) is 0. The molecule has 2 rings (SSSR count). The topological polar surface area (TPSA) is 70.6 Å². The van der Waals surface area contributed by atoms with Gasteiger partial charge in [-0.1, -0.05) is 43.3 Å². The van der Waals surface area contributed by atoms with Gasteiger partial charge in [0.05, 0.1) is 6.21 Å². The summed E-state index contributed by atoms with van der Waals surface area (Å²) in [5, 5.41) is 6.62. The minimum atomic E-state index is -0.334. The quantitative estimate of drug-likeness (QED) is 0.657. The summed E-state index contributed by atoms with van der Waals surface area (Å²) in [5.41, 5.74) is 4.37. The number of amides is 2. The van der Waals surface area contributed by atoms with Crippen molar-refractivity contribution in [2.45, 2.75) is 13.3 Å². The van der Waals surface area contributed by atoms with Gasteiger partial charge in [-0.25, -0.2) is 5.43 Å². The van der Waals surface area contributed by atoms with Gasteiger partial charge in [0.1, 0.15) is 0 Å². The zero-order valence-electron chi connectivity index (χ0n) is 12.2. The third-order valence-corrected chi connectivity index (χ3v) is 2.91. The molecule has 0 saturated carbocycles. The number of carbonyl (C=O) groups is 2. The molecule has 2 N–H and O–H groups in total. The first-order valence-electron chi connectivity index (χ1n) is 6.97. The van der Waals surface area contributed by atoms with Crippen LogP contribution in [0, 0.1) is 0 Å². The lowest BCUT2D eigenvalue weighted by atomic mass is 10.2. The summed E-state index contributed by atoms with van der Waals surface area (Å²) >= 11 is 0. The van der Waals surface area contributed by atoms with E-state index < -0.39 is 0 Å². The Morgan fingerprint density at radius 1 is 1.09 bits per heavy atom. The monoisotopic (exact) mass is 295 g/mol. The second kappa shape index (κ2) is 7.73. The maximum Gasteiger partial charge on any atom is 0.271 e. The van der Waals surface area contributed by atoms with Gasteiger partial charge in [-0.05, 0) is 23.8 Å². The fraction of sp³-hybridized carbons (Fsp3) is 0.118. The molecule has 5 nitrogen and oxygen atoms in total. The van der Waals surface area contributed by atoms with Gasteiger partial charge in [-0.2, -0.15) is 5.10 Å². The van der Waals surface area contributed by atoms with E-state index in [4.69, 9.17) is 0 Å². The fourth-order valence-electron chi connectivity index (χ4n) is 1.76. The molecule has 0 aliphatic rings. The number of carbonyl (C=O) groups excluding carboxylic acids is 2. The Kier molecular flexibility index (Phi) is 5.43. The van der Waals surface area contributed by atoms with Crippen LogP contribution < -0.4 is 10.7 Å². The molecule has 0 aliphatic heterocycles. The van der Waals surface area contributed by atoms with Crippen LogP contribution in [0.4, 0.5) is 5.69 Å². The van der Waals surface area contributed by atoms with Crippen LogP contribution in [-0.4, -0.2) is 18.0 Å². The van der Waals surface area contributed by atoms with Gasteiger partial charge in [0.25, 0.3) is 5.91 Å². The van der Waals surface area contributed by atoms with Gasteiger partial charge >= 0.3 is 0 Å². The van der Waals surface area contributed by atoms with E-state index in [0.29, 0.717) is 17.7 Å². The van der Waals surface area contributed by atoms with Crippen molar-refractivity contribution in [3.05, 3.63) is 65.7 Å². The number of hydrogen-bond acceptors (Lipinski definition) is 3. The molecular weight excluding hydrogens is 278 g/mol. The third-order valence-electron chi connectivity index (χ3n) is 2.91. The molecule has 2 aromatic rings. The highest BCUT2D eigenvalue weighted by Crippen LogP contribution is 2.11. The van der Waals surface area contributed by atoms with E-state index in [1.165, 1.54) is 0 Å². The van der Waals surface area contributed by atoms with Crippen molar-refractivity contribution >= 4 is 23.7 Å². The van der Waals surface area contributed by atoms with Crippen molar-refractivity contribution in [2.24, 2.45) is 5.10 Å². The summed E-state index contributed by atoms with van der Waals surface area (Å²) < 4.78 is 0. The maximum atomic E-state index is 12.0. The second-order valence-electron chi connectivity index (χ2n) is 4.59. The van der Waals surface area contributed by atoms with Crippen LogP contribution in [0.25, 0.3) is 0 Å². The smallest absolute Gasteiger partial charge is 0.271 e. The predicted molar refractivity (Wildman–Crippen MR) is 86.9 cm³/mol. The van der Waals surface area contributed by atoms with Gasteiger partial charge in [-0.3, -0.25) is 9.59 Å². The number of benzene rings is 2. The molecule has 0 aliphatic carbocycles. The Morgan fingerprint density at radius 3 is 2.59 bits per heavy atom. The molecule has 112 valence electrons. The van der Waals surface area contributed by atoms with E-state index >= 15 is 0 Å². The van der Waals surface area contributed by atoms with Crippen molar-refractivity contribution in [3.63, 3.8) is 0 Å².